The van der Waals surface area contributed by atoms with Gasteiger partial charge in [0, 0.05) is 39.9 Å². The summed E-state index contributed by atoms with van der Waals surface area (Å²) in [5.74, 6) is 0.771. The number of hydrogen-bond acceptors (Lipinski definition) is 4. The second kappa shape index (κ2) is 12.8. The Morgan fingerprint density at radius 1 is 1.17 bits per heavy atom. The molecule has 2 rings (SSSR count). The summed E-state index contributed by atoms with van der Waals surface area (Å²) in [6.45, 7) is 5.95. The van der Waals surface area contributed by atoms with E-state index in [1.54, 1.807) is 14.2 Å². The van der Waals surface area contributed by atoms with Gasteiger partial charge < -0.3 is 15.4 Å². The van der Waals surface area contributed by atoms with Gasteiger partial charge in [-0.2, -0.15) is 0 Å². The van der Waals surface area contributed by atoms with E-state index in [1.165, 1.54) is 19.3 Å². The molecule has 0 aliphatic heterocycles. The summed E-state index contributed by atoms with van der Waals surface area (Å²) in [5, 5.41) is 6.78. The second-order valence-corrected chi connectivity index (χ2v) is 9.98. The smallest absolute Gasteiger partial charge is 0.216 e. The Labute approximate surface area is 198 Å². The number of sulfonamides is 1. The monoisotopic (exact) mass is 552 g/mol. The highest BCUT2D eigenvalue weighted by Crippen LogP contribution is 2.43. The molecule has 0 saturated heterocycles. The van der Waals surface area contributed by atoms with E-state index < -0.39 is 10.0 Å². The number of halogens is 1. The van der Waals surface area contributed by atoms with E-state index >= 15 is 0 Å². The molecule has 1 aromatic carbocycles. The lowest BCUT2D eigenvalue weighted by molar-refractivity contribution is 0.0732. The molecule has 30 heavy (non-hydrogen) atoms. The predicted octanol–water partition coefficient (Wildman–Crippen LogP) is 3.00. The van der Waals surface area contributed by atoms with Gasteiger partial charge in [-0.15, -0.1) is 24.0 Å². The van der Waals surface area contributed by atoms with Gasteiger partial charge in [-0.1, -0.05) is 30.7 Å². The molecule has 1 aliphatic carbocycles. The molecule has 0 bridgehead atoms. The number of benzene rings is 1. The Bertz CT molecular complexity index is 763. The van der Waals surface area contributed by atoms with Gasteiger partial charge in [0.2, 0.25) is 10.0 Å². The zero-order valence-electron chi connectivity index (χ0n) is 18.5. The van der Waals surface area contributed by atoms with E-state index in [1.807, 2.05) is 38.1 Å². The Morgan fingerprint density at radius 3 is 2.30 bits per heavy atom. The van der Waals surface area contributed by atoms with Gasteiger partial charge in [-0.3, -0.25) is 4.99 Å². The minimum atomic E-state index is -3.31. The van der Waals surface area contributed by atoms with Gasteiger partial charge in [-0.05, 0) is 49.7 Å². The molecule has 1 aromatic rings. The van der Waals surface area contributed by atoms with Crippen molar-refractivity contribution in [1.82, 2.24) is 15.4 Å². The summed E-state index contributed by atoms with van der Waals surface area (Å²) < 4.78 is 31.9. The van der Waals surface area contributed by atoms with Crippen molar-refractivity contribution < 1.29 is 13.2 Å². The maximum Gasteiger partial charge on any atom is 0.216 e. The van der Waals surface area contributed by atoms with Crippen LogP contribution in [0, 0.1) is 5.41 Å². The average molecular weight is 553 g/mol. The second-order valence-electron chi connectivity index (χ2n) is 8.22. The average Bonchev–Trinajstić information content (AvgIpc) is 2.62. The van der Waals surface area contributed by atoms with Crippen LogP contribution in [0.3, 0.4) is 0 Å². The van der Waals surface area contributed by atoms with Crippen molar-refractivity contribution in [2.75, 3.05) is 27.3 Å². The minimum absolute atomic E-state index is 0. The van der Waals surface area contributed by atoms with E-state index in [9.17, 15) is 8.42 Å². The lowest BCUT2D eigenvalue weighted by Gasteiger charge is -2.42. The van der Waals surface area contributed by atoms with Crippen LogP contribution < -0.4 is 15.4 Å². The van der Waals surface area contributed by atoms with E-state index in [2.05, 4.69) is 20.3 Å². The molecular weight excluding hydrogens is 515 g/mol. The van der Waals surface area contributed by atoms with Gasteiger partial charge in [0.15, 0.2) is 5.96 Å². The number of rotatable bonds is 11. The number of nitrogens with one attached hydrogen (secondary N) is 3. The van der Waals surface area contributed by atoms with Gasteiger partial charge in [-0.25, -0.2) is 13.1 Å². The number of hydrogen-bond donors (Lipinski definition) is 3. The molecule has 0 radical (unpaired) electrons. The van der Waals surface area contributed by atoms with Crippen molar-refractivity contribution in [3.63, 3.8) is 0 Å². The number of methoxy groups -OCH3 is 1. The molecule has 1 fully saturated rings. The lowest BCUT2D eigenvalue weighted by atomic mass is 9.67. The third-order valence-electron chi connectivity index (χ3n) is 5.36. The molecule has 0 amide bonds. The van der Waals surface area contributed by atoms with E-state index in [0.717, 1.165) is 36.7 Å². The fourth-order valence-corrected chi connectivity index (χ4v) is 4.99. The molecule has 1 saturated carbocycles. The number of ether oxygens (including phenoxy) is 1. The maximum absolute atomic E-state index is 12.0. The summed E-state index contributed by atoms with van der Waals surface area (Å²) in [6, 6.07) is 7.53. The van der Waals surface area contributed by atoms with Crippen LogP contribution in [0.5, 0.6) is 0 Å². The molecule has 1 aliphatic rings. The summed E-state index contributed by atoms with van der Waals surface area (Å²) >= 11 is 0. The molecule has 0 atom stereocenters. The highest BCUT2D eigenvalue weighted by atomic mass is 127. The zero-order valence-corrected chi connectivity index (χ0v) is 21.7. The number of aliphatic imine (C=N–C) groups is 1. The third kappa shape index (κ3) is 9.07. The van der Waals surface area contributed by atoms with Gasteiger partial charge in [0.05, 0.1) is 5.75 Å². The van der Waals surface area contributed by atoms with Crippen LogP contribution in [-0.2, 0) is 27.1 Å². The Kier molecular flexibility index (Phi) is 11.6. The third-order valence-corrected chi connectivity index (χ3v) is 6.90. The van der Waals surface area contributed by atoms with Crippen molar-refractivity contribution in [2.45, 2.75) is 57.9 Å². The molecule has 0 spiro atoms. The topological polar surface area (TPSA) is 91.8 Å². The molecule has 0 heterocycles. The van der Waals surface area contributed by atoms with Crippen LogP contribution in [-0.4, -0.2) is 47.7 Å². The lowest BCUT2D eigenvalue weighted by Crippen LogP contribution is -2.46. The normalized spacial score (nSPS) is 16.0. The first kappa shape index (κ1) is 27.1. The molecular formula is C21H37IN4O3S. The largest absolute Gasteiger partial charge is 0.385 e. The van der Waals surface area contributed by atoms with Crippen LogP contribution in [0.2, 0.25) is 0 Å². The Hall–Kier alpha value is -0.910. The van der Waals surface area contributed by atoms with Gasteiger partial charge >= 0.3 is 0 Å². The van der Waals surface area contributed by atoms with E-state index in [0.29, 0.717) is 12.0 Å². The summed E-state index contributed by atoms with van der Waals surface area (Å²) in [4.78, 5) is 4.31. The first-order valence-electron chi connectivity index (χ1n) is 10.3. The van der Waals surface area contributed by atoms with Gasteiger partial charge in [0.1, 0.15) is 0 Å². The van der Waals surface area contributed by atoms with E-state index in [4.69, 9.17) is 4.74 Å². The van der Waals surface area contributed by atoms with Crippen LogP contribution in [0.4, 0.5) is 0 Å². The predicted molar refractivity (Wildman–Crippen MR) is 134 cm³/mol. The molecule has 7 nitrogen and oxygen atoms in total. The first-order valence-corrected chi connectivity index (χ1v) is 11.9. The van der Waals surface area contributed by atoms with Crippen molar-refractivity contribution in [3.05, 3.63) is 35.4 Å². The molecule has 0 unspecified atom stereocenters. The molecule has 172 valence electrons. The van der Waals surface area contributed by atoms with Crippen LogP contribution >= 0.6 is 24.0 Å². The number of guanidine groups is 1. The van der Waals surface area contributed by atoms with Crippen molar-refractivity contribution in [1.29, 1.82) is 0 Å². The maximum atomic E-state index is 12.0. The van der Waals surface area contributed by atoms with Crippen LogP contribution in [0.25, 0.3) is 0 Å². The quantitative estimate of drug-likeness (QED) is 0.223. The standard InChI is InChI=1S/C21H36N4O3S.HI/c1-17(2)25-29(26,27)15-19-8-6-18(7-9-19)14-23-20(22-3)24-16-21(10-5-11-21)12-13-28-4;/h6-9,17,25H,5,10-16H2,1-4H3,(H2,22,23,24);1H. The van der Waals surface area contributed by atoms with Crippen molar-refractivity contribution in [2.24, 2.45) is 10.4 Å². The summed E-state index contributed by atoms with van der Waals surface area (Å²) in [5.41, 5.74) is 2.17. The van der Waals surface area contributed by atoms with Crippen LogP contribution in [0.15, 0.2) is 29.3 Å². The summed E-state index contributed by atoms with van der Waals surface area (Å²) in [7, 11) is 0.218. The van der Waals surface area contributed by atoms with Gasteiger partial charge in [0.25, 0.3) is 0 Å². The fraction of sp³-hybridized carbons (Fsp3) is 0.667. The Balaban J connectivity index is 0.00000450. The highest BCUT2D eigenvalue weighted by Gasteiger charge is 2.36. The first-order chi connectivity index (χ1) is 13.8. The van der Waals surface area contributed by atoms with Crippen LogP contribution in [0.1, 0.15) is 50.7 Å². The zero-order chi connectivity index (χ0) is 21.3. The molecule has 0 aromatic heterocycles. The SMILES string of the molecule is CN=C(NCc1ccc(CS(=O)(=O)NC(C)C)cc1)NCC1(CCOC)CCC1.I. The number of nitrogens with zero attached hydrogens (tertiary/aromatic N) is 1. The Morgan fingerprint density at radius 2 is 1.80 bits per heavy atom. The van der Waals surface area contributed by atoms with Crippen molar-refractivity contribution in [3.8, 4) is 0 Å². The van der Waals surface area contributed by atoms with E-state index in [-0.39, 0.29) is 35.8 Å². The van der Waals surface area contributed by atoms with Crippen molar-refractivity contribution >= 4 is 40.0 Å². The fourth-order valence-electron chi connectivity index (χ4n) is 3.56. The highest BCUT2D eigenvalue weighted by molar-refractivity contribution is 14.0. The molecule has 3 N–H and O–H groups in total. The molecule has 9 heteroatoms. The minimum Gasteiger partial charge on any atom is -0.385 e. The summed E-state index contributed by atoms with van der Waals surface area (Å²) in [6.07, 6.45) is 4.82.